The van der Waals surface area contributed by atoms with Crippen molar-refractivity contribution in [3.63, 3.8) is 0 Å². The quantitative estimate of drug-likeness (QED) is 0.368. The summed E-state index contributed by atoms with van der Waals surface area (Å²) < 4.78 is 36.0. The van der Waals surface area contributed by atoms with Crippen LogP contribution in [0.3, 0.4) is 0 Å². The molecule has 30 heavy (non-hydrogen) atoms. The number of carboxylic acids is 1. The van der Waals surface area contributed by atoms with E-state index in [1.54, 1.807) is 23.8 Å². The number of rotatable bonds is 8. The first kappa shape index (κ1) is 22.7. The van der Waals surface area contributed by atoms with Crippen molar-refractivity contribution >= 4 is 28.0 Å². The number of carbonyl (C=O) groups is 2. The first-order valence-electron chi connectivity index (χ1n) is 8.43. The van der Waals surface area contributed by atoms with Crippen LogP contribution < -0.4 is 29.8 Å². The SMILES string of the molecule is CC=C1C=CC(C(=O)O)=C(NNS(=O)(=O)NC(=O)Nc2cc(OC)cc(OC)n2)C1. The number of nitrogens with one attached hydrogen (secondary N) is 4. The predicted molar refractivity (Wildman–Crippen MR) is 107 cm³/mol. The molecular formula is C17H21N5O7S. The van der Waals surface area contributed by atoms with Gasteiger partial charge >= 0.3 is 22.2 Å². The number of allylic oxidation sites excluding steroid dienone is 3. The van der Waals surface area contributed by atoms with E-state index in [-0.39, 0.29) is 29.4 Å². The van der Waals surface area contributed by atoms with E-state index < -0.39 is 22.2 Å². The predicted octanol–water partition coefficient (Wildman–Crippen LogP) is 0.804. The summed E-state index contributed by atoms with van der Waals surface area (Å²) in [5.74, 6) is -0.770. The van der Waals surface area contributed by atoms with Gasteiger partial charge in [0.15, 0.2) is 0 Å². The van der Waals surface area contributed by atoms with Gasteiger partial charge in [0, 0.05) is 24.3 Å². The Morgan fingerprint density at radius 3 is 2.53 bits per heavy atom. The summed E-state index contributed by atoms with van der Waals surface area (Å²) >= 11 is 0. The van der Waals surface area contributed by atoms with E-state index >= 15 is 0 Å². The van der Waals surface area contributed by atoms with Crippen molar-refractivity contribution in [2.24, 2.45) is 0 Å². The normalized spacial score (nSPS) is 15.0. The molecule has 12 nitrogen and oxygen atoms in total. The fraction of sp³-hybridized carbons (Fsp3) is 0.235. The summed E-state index contributed by atoms with van der Waals surface area (Å²) in [5.41, 5.74) is 3.12. The third kappa shape index (κ3) is 6.22. The van der Waals surface area contributed by atoms with Crippen LogP contribution >= 0.6 is 0 Å². The number of amides is 2. The number of aliphatic carboxylic acids is 1. The molecule has 2 rings (SSSR count). The van der Waals surface area contributed by atoms with Crippen LogP contribution in [0.1, 0.15) is 13.3 Å². The Kier molecular flexibility index (Phi) is 7.38. The van der Waals surface area contributed by atoms with Gasteiger partial charge in [-0.3, -0.25) is 5.32 Å². The van der Waals surface area contributed by atoms with Crippen LogP contribution in [0.2, 0.25) is 0 Å². The summed E-state index contributed by atoms with van der Waals surface area (Å²) in [7, 11) is -1.62. The molecule has 0 atom stereocenters. The lowest BCUT2D eigenvalue weighted by atomic mass is 9.99. The highest BCUT2D eigenvalue weighted by atomic mass is 32.2. The van der Waals surface area contributed by atoms with Gasteiger partial charge in [-0.05, 0) is 18.6 Å². The zero-order valence-corrected chi connectivity index (χ0v) is 17.2. The molecule has 1 aliphatic rings. The first-order chi connectivity index (χ1) is 14.2. The maximum Gasteiger partial charge on any atom is 0.337 e. The number of pyridine rings is 1. The van der Waals surface area contributed by atoms with E-state index in [1.165, 1.54) is 32.4 Å². The van der Waals surface area contributed by atoms with E-state index in [9.17, 15) is 23.1 Å². The van der Waals surface area contributed by atoms with Crippen LogP contribution in [-0.4, -0.2) is 44.7 Å². The van der Waals surface area contributed by atoms with E-state index in [0.717, 1.165) is 5.57 Å². The van der Waals surface area contributed by atoms with E-state index in [0.29, 0.717) is 5.75 Å². The Bertz CT molecular complexity index is 1010. The molecule has 1 aromatic rings. The smallest absolute Gasteiger partial charge is 0.337 e. The molecule has 0 aliphatic heterocycles. The molecule has 0 unspecified atom stereocenters. The van der Waals surface area contributed by atoms with Gasteiger partial charge in [-0.15, -0.1) is 4.83 Å². The molecule has 0 fully saturated rings. The van der Waals surface area contributed by atoms with Crippen molar-refractivity contribution in [1.29, 1.82) is 0 Å². The highest BCUT2D eigenvalue weighted by Crippen LogP contribution is 2.22. The molecule has 162 valence electrons. The Morgan fingerprint density at radius 1 is 1.20 bits per heavy atom. The summed E-state index contributed by atoms with van der Waals surface area (Å²) in [6, 6.07) is 1.71. The van der Waals surface area contributed by atoms with E-state index in [4.69, 9.17) is 9.47 Å². The number of aromatic nitrogens is 1. The molecule has 1 aliphatic carbocycles. The zero-order chi connectivity index (χ0) is 22.3. The average Bonchev–Trinajstić information content (AvgIpc) is 2.70. The summed E-state index contributed by atoms with van der Waals surface area (Å²) in [4.78, 5) is 29.2. The molecule has 5 N–H and O–H groups in total. The summed E-state index contributed by atoms with van der Waals surface area (Å²) in [6.07, 6.45) is 4.88. The van der Waals surface area contributed by atoms with Crippen molar-refractivity contribution in [2.75, 3.05) is 19.5 Å². The topological polar surface area (TPSA) is 168 Å². The molecule has 0 spiro atoms. The highest BCUT2D eigenvalue weighted by Gasteiger charge is 2.20. The number of ether oxygens (including phenoxy) is 2. The van der Waals surface area contributed by atoms with Crippen LogP contribution in [0.15, 0.2) is 47.2 Å². The van der Waals surface area contributed by atoms with Gasteiger partial charge in [-0.25, -0.2) is 14.3 Å². The number of hydrazine groups is 1. The Morgan fingerprint density at radius 2 is 1.93 bits per heavy atom. The Labute approximate surface area is 172 Å². The van der Waals surface area contributed by atoms with Crippen molar-refractivity contribution in [3.8, 4) is 11.6 Å². The van der Waals surface area contributed by atoms with E-state index in [1.807, 2.05) is 4.83 Å². The molecule has 1 heterocycles. The number of anilines is 1. The van der Waals surface area contributed by atoms with Gasteiger partial charge in [0.05, 0.1) is 19.8 Å². The molecule has 13 heteroatoms. The molecule has 0 aromatic carbocycles. The zero-order valence-electron chi connectivity index (χ0n) is 16.3. The lowest BCUT2D eigenvalue weighted by Crippen LogP contribution is -2.48. The molecule has 0 radical (unpaired) electrons. The van der Waals surface area contributed by atoms with Crippen molar-refractivity contribution in [2.45, 2.75) is 13.3 Å². The average molecular weight is 439 g/mol. The minimum atomic E-state index is -4.39. The largest absolute Gasteiger partial charge is 0.496 e. The number of methoxy groups -OCH3 is 2. The fourth-order valence-corrected chi connectivity index (χ4v) is 2.95. The third-order valence-corrected chi connectivity index (χ3v) is 4.62. The second-order valence-corrected chi connectivity index (χ2v) is 7.21. The number of urea groups is 1. The van der Waals surface area contributed by atoms with Crippen molar-refractivity contribution in [3.05, 3.63) is 47.2 Å². The van der Waals surface area contributed by atoms with Gasteiger partial charge in [0.2, 0.25) is 5.88 Å². The minimum Gasteiger partial charge on any atom is -0.496 e. The first-order valence-corrected chi connectivity index (χ1v) is 9.92. The number of hydrogen-bond acceptors (Lipinski definition) is 8. The van der Waals surface area contributed by atoms with Crippen molar-refractivity contribution < 1.29 is 32.6 Å². The molecular weight excluding hydrogens is 418 g/mol. The van der Waals surface area contributed by atoms with E-state index in [2.05, 4.69) is 15.7 Å². The van der Waals surface area contributed by atoms with Gasteiger partial charge in [-0.2, -0.15) is 13.4 Å². The Hall–Kier alpha value is -3.58. The van der Waals surface area contributed by atoms with Crippen LogP contribution in [0.5, 0.6) is 11.6 Å². The minimum absolute atomic E-state index is 0.0159. The van der Waals surface area contributed by atoms with Gasteiger partial charge < -0.3 is 20.0 Å². The number of nitrogens with zero attached hydrogens (tertiary/aromatic N) is 1. The second kappa shape index (κ2) is 9.76. The van der Waals surface area contributed by atoms with Gasteiger partial charge in [0.25, 0.3) is 0 Å². The van der Waals surface area contributed by atoms with Crippen LogP contribution in [0, 0.1) is 0 Å². The van der Waals surface area contributed by atoms with Crippen LogP contribution in [-0.2, 0) is 15.0 Å². The molecule has 0 bridgehead atoms. The number of carbonyl (C=O) groups excluding carboxylic acids is 1. The second-order valence-electron chi connectivity index (χ2n) is 5.79. The molecule has 0 saturated carbocycles. The Balaban J connectivity index is 2.05. The maximum atomic E-state index is 12.1. The molecule has 0 saturated heterocycles. The van der Waals surface area contributed by atoms with Crippen molar-refractivity contribution in [1.82, 2.24) is 20.0 Å². The summed E-state index contributed by atoms with van der Waals surface area (Å²) in [5, 5.41) is 11.5. The fourth-order valence-electron chi connectivity index (χ4n) is 2.35. The van der Waals surface area contributed by atoms with Gasteiger partial charge in [-0.1, -0.05) is 12.2 Å². The van der Waals surface area contributed by atoms with Crippen LogP contribution in [0.4, 0.5) is 10.6 Å². The third-order valence-electron chi connectivity index (χ3n) is 3.80. The van der Waals surface area contributed by atoms with Crippen LogP contribution in [0.25, 0.3) is 0 Å². The number of hydrogen-bond donors (Lipinski definition) is 5. The lowest BCUT2D eigenvalue weighted by molar-refractivity contribution is -0.132. The van der Waals surface area contributed by atoms with Gasteiger partial charge in [0.1, 0.15) is 11.6 Å². The highest BCUT2D eigenvalue weighted by molar-refractivity contribution is 7.88. The molecule has 1 aromatic heterocycles. The number of carboxylic acid groups (broad SMARTS) is 1. The monoisotopic (exact) mass is 439 g/mol. The summed E-state index contributed by atoms with van der Waals surface area (Å²) in [6.45, 7) is 1.76. The lowest BCUT2D eigenvalue weighted by Gasteiger charge is -2.18. The maximum absolute atomic E-state index is 12.1. The molecule has 2 amide bonds. The standard InChI is InChI=1S/C17H21N5O7S/c1-4-10-5-6-12(16(23)24)13(7-10)20-22-30(26,27)21-17(25)19-14-8-11(28-2)9-15(18-14)29-3/h4-6,8-9,20,22H,7H2,1-3H3,(H,23,24)(H2,18,19,21,25).